The summed E-state index contributed by atoms with van der Waals surface area (Å²) >= 11 is 0. The second-order valence-electron chi connectivity index (χ2n) is 4.39. The topological polar surface area (TPSA) is 46.3 Å². The number of carbonyl (C=O) groups is 1. The molecule has 0 N–H and O–H groups in total. The number of aryl methyl sites for hydroxylation is 1. The Balaban J connectivity index is 3.01. The fourth-order valence-corrected chi connectivity index (χ4v) is 1.41. The smallest absolute Gasteiger partial charge is 0.304 e. The van der Waals surface area contributed by atoms with E-state index in [-0.39, 0.29) is 17.9 Å². The third-order valence-electron chi connectivity index (χ3n) is 2.58. The average Bonchev–Trinajstić information content (AvgIpc) is 2.64. The molecule has 0 aliphatic heterocycles. The molecule has 1 atom stereocenters. The Kier molecular flexibility index (Phi) is 4.10. The van der Waals surface area contributed by atoms with Gasteiger partial charge in [-0.1, -0.05) is 20.8 Å². The van der Waals surface area contributed by atoms with E-state index in [9.17, 15) is 4.79 Å². The van der Waals surface area contributed by atoms with E-state index in [2.05, 4.69) is 4.98 Å². The van der Waals surface area contributed by atoms with Crippen LogP contribution in [0.1, 0.15) is 39.8 Å². The number of amides is 1. The van der Waals surface area contributed by atoms with Crippen LogP contribution in [0.15, 0.2) is 10.7 Å². The minimum Gasteiger partial charge on any atom is -0.431 e. The first-order valence-corrected chi connectivity index (χ1v) is 5.72. The quantitative estimate of drug-likeness (QED) is 0.790. The zero-order valence-corrected chi connectivity index (χ0v) is 10.7. The number of anilines is 1. The molecule has 0 aliphatic carbocycles. The van der Waals surface area contributed by atoms with Crippen LogP contribution in [-0.2, 0) is 4.79 Å². The van der Waals surface area contributed by atoms with Crippen LogP contribution in [0.2, 0.25) is 0 Å². The minimum absolute atomic E-state index is 0.0520. The molecule has 0 spiro atoms. The molecule has 0 fully saturated rings. The van der Waals surface area contributed by atoms with E-state index in [0.29, 0.717) is 6.01 Å². The highest BCUT2D eigenvalue weighted by Gasteiger charge is 2.26. The Morgan fingerprint density at radius 2 is 2.12 bits per heavy atom. The molecule has 4 heteroatoms. The van der Waals surface area contributed by atoms with Crippen molar-refractivity contribution in [2.45, 2.75) is 47.1 Å². The lowest BCUT2D eigenvalue weighted by Gasteiger charge is -2.26. The predicted octanol–water partition coefficient (Wildman–Crippen LogP) is 2.77. The maximum absolute atomic E-state index is 12.1. The van der Waals surface area contributed by atoms with Crippen LogP contribution in [0.4, 0.5) is 6.01 Å². The molecule has 1 amide bonds. The van der Waals surface area contributed by atoms with Crippen LogP contribution in [0, 0.1) is 12.8 Å². The first-order valence-electron chi connectivity index (χ1n) is 5.72. The Hall–Kier alpha value is -1.32. The molecular weight excluding hydrogens is 204 g/mol. The van der Waals surface area contributed by atoms with Crippen LogP contribution in [0.3, 0.4) is 0 Å². The van der Waals surface area contributed by atoms with Gasteiger partial charge in [-0.25, -0.2) is 0 Å². The number of hydrogen-bond acceptors (Lipinski definition) is 3. The first-order chi connectivity index (χ1) is 7.47. The summed E-state index contributed by atoms with van der Waals surface area (Å²) < 4.78 is 5.31. The summed E-state index contributed by atoms with van der Waals surface area (Å²) in [6.07, 6.45) is 2.44. The molecule has 90 valence electrons. The van der Waals surface area contributed by atoms with E-state index in [1.54, 1.807) is 11.2 Å². The lowest BCUT2D eigenvalue weighted by Crippen LogP contribution is -2.41. The molecule has 4 nitrogen and oxygen atoms in total. The van der Waals surface area contributed by atoms with Crippen LogP contribution < -0.4 is 4.90 Å². The highest BCUT2D eigenvalue weighted by atomic mass is 16.4. The highest BCUT2D eigenvalue weighted by Crippen LogP contribution is 2.20. The van der Waals surface area contributed by atoms with Gasteiger partial charge >= 0.3 is 6.01 Å². The van der Waals surface area contributed by atoms with Crippen LogP contribution in [-0.4, -0.2) is 16.9 Å². The van der Waals surface area contributed by atoms with Gasteiger partial charge in [-0.2, -0.15) is 4.98 Å². The maximum atomic E-state index is 12.1. The number of nitrogens with zero attached hydrogens (tertiary/aromatic N) is 2. The number of oxazole rings is 1. The van der Waals surface area contributed by atoms with Gasteiger partial charge in [0.25, 0.3) is 0 Å². The number of aromatic nitrogens is 1. The second-order valence-corrected chi connectivity index (χ2v) is 4.39. The Labute approximate surface area is 96.7 Å². The normalized spacial score (nSPS) is 12.9. The van der Waals surface area contributed by atoms with Gasteiger partial charge in [0.1, 0.15) is 6.26 Å². The molecule has 1 aromatic heterocycles. The lowest BCUT2D eigenvalue weighted by molar-refractivity contribution is -0.122. The Morgan fingerprint density at radius 3 is 2.50 bits per heavy atom. The van der Waals surface area contributed by atoms with Crippen LogP contribution in [0.25, 0.3) is 0 Å². The predicted molar refractivity (Wildman–Crippen MR) is 63.3 cm³/mol. The van der Waals surface area contributed by atoms with E-state index >= 15 is 0 Å². The largest absolute Gasteiger partial charge is 0.431 e. The van der Waals surface area contributed by atoms with E-state index in [4.69, 9.17) is 4.42 Å². The zero-order chi connectivity index (χ0) is 12.3. The van der Waals surface area contributed by atoms with Crippen molar-refractivity contribution >= 4 is 11.9 Å². The summed E-state index contributed by atoms with van der Waals surface area (Å²) in [5, 5.41) is 0. The molecule has 16 heavy (non-hydrogen) atoms. The van der Waals surface area contributed by atoms with Crippen molar-refractivity contribution in [3.63, 3.8) is 0 Å². The minimum atomic E-state index is -0.0544. The molecule has 1 aromatic rings. The average molecular weight is 224 g/mol. The van der Waals surface area contributed by atoms with E-state index < -0.39 is 0 Å². The summed E-state index contributed by atoms with van der Waals surface area (Å²) in [5.41, 5.74) is 0.792. The maximum Gasteiger partial charge on any atom is 0.304 e. The van der Waals surface area contributed by atoms with Gasteiger partial charge in [0.05, 0.1) is 5.69 Å². The molecular formula is C12H20N2O2. The SMILES string of the molecule is CCC(C)N(C(=O)C(C)C)c1nc(C)co1. The number of carbonyl (C=O) groups excluding carboxylic acids is 1. The van der Waals surface area contributed by atoms with Gasteiger partial charge < -0.3 is 4.42 Å². The second kappa shape index (κ2) is 5.14. The van der Waals surface area contributed by atoms with Crippen molar-refractivity contribution in [3.8, 4) is 0 Å². The summed E-state index contributed by atoms with van der Waals surface area (Å²) in [4.78, 5) is 18.0. The van der Waals surface area contributed by atoms with Gasteiger partial charge in [0, 0.05) is 12.0 Å². The van der Waals surface area contributed by atoms with E-state index in [0.717, 1.165) is 12.1 Å². The summed E-state index contributed by atoms with van der Waals surface area (Å²) in [7, 11) is 0. The van der Waals surface area contributed by atoms with Crippen molar-refractivity contribution in [2.24, 2.45) is 5.92 Å². The highest BCUT2D eigenvalue weighted by molar-refractivity contribution is 5.93. The Morgan fingerprint density at radius 1 is 1.50 bits per heavy atom. The monoisotopic (exact) mass is 224 g/mol. The molecule has 1 unspecified atom stereocenters. The van der Waals surface area contributed by atoms with Crippen molar-refractivity contribution in [2.75, 3.05) is 4.90 Å². The molecule has 1 heterocycles. The molecule has 0 saturated heterocycles. The lowest BCUT2D eigenvalue weighted by atomic mass is 10.1. The van der Waals surface area contributed by atoms with E-state index in [1.165, 1.54) is 0 Å². The third-order valence-corrected chi connectivity index (χ3v) is 2.58. The van der Waals surface area contributed by atoms with Crippen LogP contribution in [0.5, 0.6) is 0 Å². The van der Waals surface area contributed by atoms with Crippen molar-refractivity contribution in [1.29, 1.82) is 0 Å². The number of hydrogen-bond donors (Lipinski definition) is 0. The van der Waals surface area contributed by atoms with Gasteiger partial charge in [0.2, 0.25) is 5.91 Å². The van der Waals surface area contributed by atoms with Gasteiger partial charge in [-0.15, -0.1) is 0 Å². The van der Waals surface area contributed by atoms with Crippen molar-refractivity contribution in [3.05, 3.63) is 12.0 Å². The molecule has 1 rings (SSSR count). The van der Waals surface area contributed by atoms with Crippen LogP contribution >= 0.6 is 0 Å². The molecule has 0 aromatic carbocycles. The summed E-state index contributed by atoms with van der Waals surface area (Å²) in [6.45, 7) is 9.66. The van der Waals surface area contributed by atoms with E-state index in [1.807, 2.05) is 34.6 Å². The standard InChI is InChI=1S/C12H20N2O2/c1-6-10(5)14(11(15)8(2)3)12-13-9(4)7-16-12/h7-8,10H,6H2,1-5H3. The Bertz CT molecular complexity index is 358. The van der Waals surface area contributed by atoms with Gasteiger partial charge in [0.15, 0.2) is 0 Å². The first kappa shape index (κ1) is 12.7. The molecule has 0 bridgehead atoms. The molecule has 0 aliphatic rings. The van der Waals surface area contributed by atoms with Crippen molar-refractivity contribution in [1.82, 2.24) is 4.98 Å². The van der Waals surface area contributed by atoms with Gasteiger partial charge in [-0.05, 0) is 20.3 Å². The number of rotatable bonds is 4. The fraction of sp³-hybridized carbons (Fsp3) is 0.667. The zero-order valence-electron chi connectivity index (χ0n) is 10.7. The third kappa shape index (κ3) is 2.62. The molecule has 0 radical (unpaired) electrons. The summed E-state index contributed by atoms with van der Waals surface area (Å²) in [6, 6.07) is 0.512. The summed E-state index contributed by atoms with van der Waals surface area (Å²) in [5.74, 6) is -0.00240. The molecule has 0 saturated carbocycles. The van der Waals surface area contributed by atoms with Crippen molar-refractivity contribution < 1.29 is 9.21 Å². The fourth-order valence-electron chi connectivity index (χ4n) is 1.41. The van der Waals surface area contributed by atoms with Gasteiger partial charge in [-0.3, -0.25) is 9.69 Å².